The molecule has 0 aliphatic rings. The van der Waals surface area contributed by atoms with Crippen molar-refractivity contribution in [3.8, 4) is 46.2 Å². The summed E-state index contributed by atoms with van der Waals surface area (Å²) >= 11 is 0. The number of hydrogen-bond acceptors (Lipinski definition) is 4. The van der Waals surface area contributed by atoms with Gasteiger partial charge in [0.1, 0.15) is 22.3 Å². The Balaban J connectivity index is 0.000000280. The van der Waals surface area contributed by atoms with Crippen LogP contribution in [0.1, 0.15) is 22.3 Å². The monoisotopic (exact) mass is 881 g/mol. The summed E-state index contributed by atoms with van der Waals surface area (Å²) in [5.74, 6) is 12.9. The molecule has 261 valence electrons. The topological polar surface area (TPSA) is 52.1 Å². The van der Waals surface area contributed by atoms with Crippen LogP contribution in [-0.4, -0.2) is 9.97 Å². The summed E-state index contributed by atoms with van der Waals surface area (Å²) in [4.78, 5) is 8.83. The van der Waals surface area contributed by atoms with Crippen LogP contribution in [0, 0.1) is 35.8 Å². The zero-order valence-electron chi connectivity index (χ0n) is 29.2. The van der Waals surface area contributed by atoms with Crippen LogP contribution < -0.4 is 0 Å². The summed E-state index contributed by atoms with van der Waals surface area (Å²) in [6, 6.07) is 58.2. The molecule has 10 rings (SSSR count). The Bertz CT molecular complexity index is 2820. The maximum Gasteiger partial charge on any atom is 0.136 e. The predicted octanol–water partition coefficient (Wildman–Crippen LogP) is 11.7. The first-order valence-corrected chi connectivity index (χ1v) is 17.5. The van der Waals surface area contributed by atoms with Crippen LogP contribution in [0.4, 0.5) is 0 Å². The Morgan fingerprint density at radius 2 is 0.964 bits per heavy atom. The molecule has 5 heteroatoms. The molecule has 55 heavy (non-hydrogen) atoms. The van der Waals surface area contributed by atoms with Crippen molar-refractivity contribution in [1.82, 2.24) is 9.97 Å². The van der Waals surface area contributed by atoms with Crippen molar-refractivity contribution in [1.29, 1.82) is 0 Å². The number of benzene rings is 6. The van der Waals surface area contributed by atoms with E-state index in [1.54, 1.807) is 12.4 Å². The fourth-order valence-electron chi connectivity index (χ4n) is 6.26. The molecule has 0 amide bonds. The van der Waals surface area contributed by atoms with Crippen molar-refractivity contribution in [2.45, 2.75) is 0 Å². The molecule has 0 aliphatic heterocycles. The average molecular weight is 881 g/mol. The third-order valence-corrected chi connectivity index (χ3v) is 8.96. The molecule has 0 bridgehead atoms. The number of nitrogens with zero attached hydrogens (tertiary/aromatic N) is 2. The van der Waals surface area contributed by atoms with Gasteiger partial charge < -0.3 is 18.8 Å². The number of furan rings is 2. The van der Waals surface area contributed by atoms with Gasteiger partial charge in [-0.2, -0.15) is 0 Å². The van der Waals surface area contributed by atoms with E-state index in [1.165, 1.54) is 0 Å². The standard InChI is InChI=1S/C39H20NO2.C11H8N.Ir/c1-3-7-36-31(5-1)33-20-15-27(23-38(33)41-36)10-9-26-13-18-30(19-14-26)35-22-17-29(25-40-35)12-11-28-16-21-34-32-6-2-4-8-37(32)42-39(34)24-28;1-2-6-10(7-3-1)11-8-4-5-9-12-11;/h1-8,13-18,20-25H;1-6,8-9H;/q2*-1;. The minimum Gasteiger partial charge on any atom is -0.456 e. The molecule has 10 aromatic rings. The fraction of sp³-hybridized carbons (Fsp3) is 0. The smallest absolute Gasteiger partial charge is 0.136 e. The van der Waals surface area contributed by atoms with Gasteiger partial charge in [0.2, 0.25) is 0 Å². The molecule has 0 atom stereocenters. The fourth-order valence-corrected chi connectivity index (χ4v) is 6.26. The first-order valence-electron chi connectivity index (χ1n) is 17.5. The van der Waals surface area contributed by atoms with Crippen LogP contribution in [0.25, 0.3) is 66.4 Å². The number of rotatable bonds is 2. The summed E-state index contributed by atoms with van der Waals surface area (Å²) in [7, 11) is 0. The van der Waals surface area contributed by atoms with Crippen molar-refractivity contribution < 1.29 is 28.9 Å². The van der Waals surface area contributed by atoms with Gasteiger partial charge in [-0.3, -0.25) is 0 Å². The van der Waals surface area contributed by atoms with Crippen molar-refractivity contribution >= 4 is 43.9 Å². The largest absolute Gasteiger partial charge is 0.456 e. The quantitative estimate of drug-likeness (QED) is 0.128. The summed E-state index contributed by atoms with van der Waals surface area (Å²) in [6.07, 6.45) is 3.58. The molecule has 0 unspecified atom stereocenters. The van der Waals surface area contributed by atoms with Crippen molar-refractivity contribution in [3.05, 3.63) is 205 Å². The minimum absolute atomic E-state index is 0. The van der Waals surface area contributed by atoms with Gasteiger partial charge in [0.25, 0.3) is 0 Å². The molecule has 0 fully saturated rings. The van der Waals surface area contributed by atoms with E-state index in [0.717, 1.165) is 88.6 Å². The van der Waals surface area contributed by atoms with Gasteiger partial charge in [0.15, 0.2) is 0 Å². The third kappa shape index (κ3) is 7.72. The second-order valence-corrected chi connectivity index (χ2v) is 12.5. The maximum absolute atomic E-state index is 5.99. The predicted molar refractivity (Wildman–Crippen MR) is 216 cm³/mol. The molecule has 1 radical (unpaired) electrons. The summed E-state index contributed by atoms with van der Waals surface area (Å²) in [5, 5.41) is 4.43. The Morgan fingerprint density at radius 1 is 0.418 bits per heavy atom. The van der Waals surface area contributed by atoms with Crippen molar-refractivity contribution in [2.75, 3.05) is 0 Å². The Hall–Kier alpha value is -7.01. The van der Waals surface area contributed by atoms with Gasteiger partial charge in [0, 0.05) is 70.7 Å². The van der Waals surface area contributed by atoms with E-state index in [4.69, 9.17) is 8.83 Å². The summed E-state index contributed by atoms with van der Waals surface area (Å²) in [5.41, 5.74) is 10.7. The van der Waals surface area contributed by atoms with E-state index in [1.807, 2.05) is 133 Å². The number of hydrogen-bond donors (Lipinski definition) is 0. The van der Waals surface area contributed by atoms with Gasteiger partial charge >= 0.3 is 0 Å². The zero-order chi connectivity index (χ0) is 36.1. The Labute approximate surface area is 331 Å². The number of fused-ring (bicyclic) bond motifs is 6. The molecule has 6 aromatic carbocycles. The van der Waals surface area contributed by atoms with Gasteiger partial charge in [-0.15, -0.1) is 71.6 Å². The molecule has 4 heterocycles. The average Bonchev–Trinajstić information content (AvgIpc) is 3.81. The van der Waals surface area contributed by atoms with Crippen LogP contribution in [0.3, 0.4) is 0 Å². The molecule has 0 N–H and O–H groups in total. The summed E-state index contributed by atoms with van der Waals surface area (Å²) in [6.45, 7) is 0. The molecule has 0 saturated carbocycles. The second kappa shape index (κ2) is 15.9. The van der Waals surface area contributed by atoms with Crippen LogP contribution >= 0.6 is 0 Å². The van der Waals surface area contributed by atoms with Gasteiger partial charge in [0.05, 0.1) is 0 Å². The molecular weight excluding hydrogens is 853 g/mol. The van der Waals surface area contributed by atoms with Gasteiger partial charge in [-0.05, 0) is 66.0 Å². The molecular formula is C50H28IrN2O2-2. The normalized spacial score (nSPS) is 10.5. The van der Waals surface area contributed by atoms with E-state index in [0.29, 0.717) is 0 Å². The molecule has 0 saturated heterocycles. The first kappa shape index (κ1) is 35.0. The van der Waals surface area contributed by atoms with E-state index in [9.17, 15) is 0 Å². The molecule has 4 nitrogen and oxygen atoms in total. The number of pyridine rings is 2. The third-order valence-electron chi connectivity index (χ3n) is 8.96. The van der Waals surface area contributed by atoms with Gasteiger partial charge in [-0.1, -0.05) is 84.0 Å². The van der Waals surface area contributed by atoms with Gasteiger partial charge in [-0.25, -0.2) is 0 Å². The minimum atomic E-state index is 0. The van der Waals surface area contributed by atoms with E-state index in [2.05, 4.69) is 70.0 Å². The Kier molecular flexibility index (Phi) is 10.1. The SMILES string of the molecule is C(#Cc1ccc2c(c1)oc1ccccc12)c1c[c-]c(-c2ccc(C#Cc3ccc4c(c3)oc3ccccc34)cn2)cc1.[Ir].[c-]1ccccc1-c1ccccn1. The molecule has 0 aliphatic carbocycles. The molecule has 4 aromatic heterocycles. The number of para-hydroxylation sites is 2. The van der Waals surface area contributed by atoms with Crippen LogP contribution in [-0.2, 0) is 20.1 Å². The van der Waals surface area contributed by atoms with E-state index in [-0.39, 0.29) is 20.1 Å². The van der Waals surface area contributed by atoms with Crippen LogP contribution in [0.15, 0.2) is 179 Å². The summed E-state index contributed by atoms with van der Waals surface area (Å²) < 4.78 is 12.0. The zero-order valence-corrected chi connectivity index (χ0v) is 31.6. The Morgan fingerprint density at radius 3 is 1.55 bits per heavy atom. The van der Waals surface area contributed by atoms with Crippen LogP contribution in [0.2, 0.25) is 0 Å². The second-order valence-electron chi connectivity index (χ2n) is 12.5. The molecule has 0 spiro atoms. The maximum atomic E-state index is 5.99. The first-order chi connectivity index (χ1) is 26.7. The van der Waals surface area contributed by atoms with E-state index < -0.39 is 0 Å². The van der Waals surface area contributed by atoms with Crippen molar-refractivity contribution in [2.24, 2.45) is 0 Å². The van der Waals surface area contributed by atoms with E-state index >= 15 is 0 Å². The van der Waals surface area contributed by atoms with Crippen molar-refractivity contribution in [3.63, 3.8) is 0 Å². The number of aromatic nitrogens is 2. The van der Waals surface area contributed by atoms with Crippen LogP contribution in [0.5, 0.6) is 0 Å².